The van der Waals surface area contributed by atoms with Crippen molar-refractivity contribution >= 4 is 5.97 Å². The molecule has 0 radical (unpaired) electrons. The van der Waals surface area contributed by atoms with Gasteiger partial charge < -0.3 is 19.9 Å². The summed E-state index contributed by atoms with van der Waals surface area (Å²) in [6, 6.07) is 6.44. The quantitative estimate of drug-likeness (QED) is 0.735. The SMILES string of the molecule is CCCNC(COc1ccccc1OC)C(=O)O. The molecule has 0 bridgehead atoms. The molecule has 1 aromatic rings. The van der Waals surface area contributed by atoms with Gasteiger partial charge in [0.1, 0.15) is 12.6 Å². The Labute approximate surface area is 107 Å². The van der Waals surface area contributed by atoms with E-state index in [0.717, 1.165) is 6.42 Å². The molecular formula is C13H19NO4. The summed E-state index contributed by atoms with van der Waals surface area (Å²) < 4.78 is 10.6. The van der Waals surface area contributed by atoms with E-state index in [4.69, 9.17) is 14.6 Å². The van der Waals surface area contributed by atoms with Gasteiger partial charge in [0.25, 0.3) is 0 Å². The zero-order chi connectivity index (χ0) is 13.4. The van der Waals surface area contributed by atoms with Crippen molar-refractivity contribution in [3.05, 3.63) is 24.3 Å². The van der Waals surface area contributed by atoms with E-state index in [1.54, 1.807) is 19.2 Å². The molecule has 1 atom stereocenters. The lowest BCUT2D eigenvalue weighted by Crippen LogP contribution is -2.41. The van der Waals surface area contributed by atoms with Crippen LogP contribution in [-0.4, -0.2) is 37.4 Å². The average Bonchev–Trinajstić information content (AvgIpc) is 2.38. The van der Waals surface area contributed by atoms with Crippen molar-refractivity contribution in [1.29, 1.82) is 0 Å². The summed E-state index contributed by atoms with van der Waals surface area (Å²) >= 11 is 0. The second-order valence-corrected chi connectivity index (χ2v) is 3.81. The number of nitrogens with one attached hydrogen (secondary N) is 1. The molecule has 2 N–H and O–H groups in total. The van der Waals surface area contributed by atoms with E-state index in [9.17, 15) is 4.79 Å². The number of benzene rings is 1. The van der Waals surface area contributed by atoms with Crippen molar-refractivity contribution in [1.82, 2.24) is 5.32 Å². The van der Waals surface area contributed by atoms with E-state index in [2.05, 4.69) is 5.32 Å². The molecule has 0 saturated heterocycles. The molecule has 5 nitrogen and oxygen atoms in total. The predicted molar refractivity (Wildman–Crippen MR) is 68.2 cm³/mol. The summed E-state index contributed by atoms with van der Waals surface area (Å²) in [5, 5.41) is 11.9. The molecular weight excluding hydrogens is 234 g/mol. The summed E-state index contributed by atoms with van der Waals surface area (Å²) in [5.74, 6) is 0.222. The molecule has 1 rings (SSSR count). The van der Waals surface area contributed by atoms with Gasteiger partial charge in [-0.25, -0.2) is 0 Å². The van der Waals surface area contributed by atoms with Gasteiger partial charge in [-0.15, -0.1) is 0 Å². The van der Waals surface area contributed by atoms with E-state index in [1.807, 2.05) is 19.1 Å². The van der Waals surface area contributed by atoms with Crippen LogP contribution in [0.25, 0.3) is 0 Å². The number of hydrogen-bond donors (Lipinski definition) is 2. The Morgan fingerprint density at radius 2 is 2.06 bits per heavy atom. The number of methoxy groups -OCH3 is 1. The fraction of sp³-hybridized carbons (Fsp3) is 0.462. The van der Waals surface area contributed by atoms with Crippen molar-refractivity contribution < 1.29 is 19.4 Å². The van der Waals surface area contributed by atoms with Gasteiger partial charge >= 0.3 is 5.97 Å². The zero-order valence-electron chi connectivity index (χ0n) is 10.7. The molecule has 0 amide bonds. The Balaban J connectivity index is 2.58. The van der Waals surface area contributed by atoms with Gasteiger partial charge in [-0.2, -0.15) is 0 Å². The number of carbonyl (C=O) groups is 1. The molecule has 0 fully saturated rings. The minimum Gasteiger partial charge on any atom is -0.493 e. The lowest BCUT2D eigenvalue weighted by Gasteiger charge is -2.16. The molecule has 18 heavy (non-hydrogen) atoms. The summed E-state index contributed by atoms with van der Waals surface area (Å²) in [5.41, 5.74) is 0. The highest BCUT2D eigenvalue weighted by Crippen LogP contribution is 2.25. The maximum atomic E-state index is 11.0. The van der Waals surface area contributed by atoms with Crippen LogP contribution < -0.4 is 14.8 Å². The van der Waals surface area contributed by atoms with Crippen molar-refractivity contribution in [3.8, 4) is 11.5 Å². The van der Waals surface area contributed by atoms with Crippen LogP contribution >= 0.6 is 0 Å². The molecule has 0 aliphatic carbocycles. The first-order valence-electron chi connectivity index (χ1n) is 5.91. The first-order valence-corrected chi connectivity index (χ1v) is 5.91. The number of ether oxygens (including phenoxy) is 2. The topological polar surface area (TPSA) is 67.8 Å². The molecule has 1 aromatic carbocycles. The number of rotatable bonds is 8. The fourth-order valence-electron chi connectivity index (χ4n) is 1.45. The van der Waals surface area contributed by atoms with Crippen LogP contribution in [0.2, 0.25) is 0 Å². The third-order valence-corrected chi connectivity index (χ3v) is 2.41. The summed E-state index contributed by atoms with van der Waals surface area (Å²) in [4.78, 5) is 11.0. The highest BCUT2D eigenvalue weighted by Gasteiger charge is 2.17. The maximum Gasteiger partial charge on any atom is 0.324 e. The van der Waals surface area contributed by atoms with Crippen LogP contribution in [0.5, 0.6) is 11.5 Å². The molecule has 0 heterocycles. The van der Waals surface area contributed by atoms with Gasteiger partial charge in [0.05, 0.1) is 7.11 Å². The number of carboxylic acids is 1. The largest absolute Gasteiger partial charge is 0.493 e. The molecule has 0 aromatic heterocycles. The smallest absolute Gasteiger partial charge is 0.324 e. The molecule has 0 spiro atoms. The molecule has 100 valence electrons. The normalized spacial score (nSPS) is 11.9. The van der Waals surface area contributed by atoms with Gasteiger partial charge in [0.15, 0.2) is 11.5 Å². The van der Waals surface area contributed by atoms with E-state index < -0.39 is 12.0 Å². The third-order valence-electron chi connectivity index (χ3n) is 2.41. The average molecular weight is 253 g/mol. The Bertz CT molecular complexity index is 381. The minimum absolute atomic E-state index is 0.0652. The predicted octanol–water partition coefficient (Wildman–Crippen LogP) is 1.53. The van der Waals surface area contributed by atoms with Gasteiger partial charge in [0, 0.05) is 0 Å². The van der Waals surface area contributed by atoms with Crippen molar-refractivity contribution in [2.75, 3.05) is 20.3 Å². The number of aliphatic carboxylic acids is 1. The van der Waals surface area contributed by atoms with Crippen LogP contribution in [-0.2, 0) is 4.79 Å². The fourth-order valence-corrected chi connectivity index (χ4v) is 1.45. The summed E-state index contributed by atoms with van der Waals surface area (Å²) in [6.07, 6.45) is 0.873. The first-order chi connectivity index (χ1) is 8.69. The maximum absolute atomic E-state index is 11.0. The molecule has 5 heteroatoms. The van der Waals surface area contributed by atoms with Gasteiger partial charge in [-0.1, -0.05) is 19.1 Å². The summed E-state index contributed by atoms with van der Waals surface area (Å²) in [7, 11) is 1.55. The van der Waals surface area contributed by atoms with E-state index in [-0.39, 0.29) is 6.61 Å². The van der Waals surface area contributed by atoms with E-state index in [0.29, 0.717) is 18.0 Å². The second-order valence-electron chi connectivity index (χ2n) is 3.81. The monoisotopic (exact) mass is 253 g/mol. The zero-order valence-corrected chi connectivity index (χ0v) is 10.7. The third kappa shape index (κ3) is 4.25. The molecule has 0 aliphatic heterocycles. The number of para-hydroxylation sites is 2. The number of hydrogen-bond acceptors (Lipinski definition) is 4. The Hall–Kier alpha value is -1.75. The van der Waals surface area contributed by atoms with E-state index in [1.165, 1.54) is 0 Å². The molecule has 1 unspecified atom stereocenters. The lowest BCUT2D eigenvalue weighted by molar-refractivity contribution is -0.140. The minimum atomic E-state index is -0.918. The standard InChI is InChI=1S/C13H19NO4/c1-3-8-14-10(13(15)16)9-18-12-7-5-4-6-11(12)17-2/h4-7,10,14H,3,8-9H2,1-2H3,(H,15,16). The van der Waals surface area contributed by atoms with Gasteiger partial charge in [-0.3, -0.25) is 4.79 Å². The molecule has 0 saturated carbocycles. The first kappa shape index (κ1) is 14.3. The highest BCUT2D eigenvalue weighted by molar-refractivity contribution is 5.73. The highest BCUT2D eigenvalue weighted by atomic mass is 16.5. The van der Waals surface area contributed by atoms with Crippen LogP contribution in [0.3, 0.4) is 0 Å². The summed E-state index contributed by atoms with van der Waals surface area (Å²) in [6.45, 7) is 2.69. The Kier molecular flexibility index (Phi) is 6.00. The van der Waals surface area contributed by atoms with Crippen molar-refractivity contribution in [2.24, 2.45) is 0 Å². The van der Waals surface area contributed by atoms with Gasteiger partial charge in [0.2, 0.25) is 0 Å². The van der Waals surface area contributed by atoms with Gasteiger partial charge in [-0.05, 0) is 25.1 Å². The van der Waals surface area contributed by atoms with Crippen LogP contribution in [0.1, 0.15) is 13.3 Å². The van der Waals surface area contributed by atoms with Crippen LogP contribution in [0, 0.1) is 0 Å². The van der Waals surface area contributed by atoms with Crippen LogP contribution in [0.15, 0.2) is 24.3 Å². The number of carboxylic acid groups (broad SMARTS) is 1. The second kappa shape index (κ2) is 7.55. The Morgan fingerprint density at radius 1 is 1.39 bits per heavy atom. The molecule has 0 aliphatic rings. The van der Waals surface area contributed by atoms with Crippen molar-refractivity contribution in [2.45, 2.75) is 19.4 Å². The Morgan fingerprint density at radius 3 is 2.61 bits per heavy atom. The van der Waals surface area contributed by atoms with Crippen molar-refractivity contribution in [3.63, 3.8) is 0 Å². The van der Waals surface area contributed by atoms with E-state index >= 15 is 0 Å². The lowest BCUT2D eigenvalue weighted by atomic mass is 10.3. The van der Waals surface area contributed by atoms with Crippen LogP contribution in [0.4, 0.5) is 0 Å².